The van der Waals surface area contributed by atoms with E-state index in [1.54, 1.807) is 30.2 Å². The highest BCUT2D eigenvalue weighted by atomic mass is 35.5. The number of aromatic nitrogens is 1. The molecule has 1 saturated heterocycles. The first-order chi connectivity index (χ1) is 13.2. The van der Waals surface area contributed by atoms with E-state index >= 15 is 0 Å². The van der Waals surface area contributed by atoms with Crippen LogP contribution in [0, 0.1) is 0 Å². The number of nitrogens with one attached hydrogen (secondary N) is 1. The first-order valence-electron chi connectivity index (χ1n) is 9.43. The normalized spacial score (nSPS) is 15.5. The number of hydrogen-bond donors (Lipinski definition) is 1. The van der Waals surface area contributed by atoms with Crippen LogP contribution < -0.4 is 5.32 Å². The predicted octanol–water partition coefficient (Wildman–Crippen LogP) is 4.12. The quantitative estimate of drug-likeness (QED) is 0.581. The van der Waals surface area contributed by atoms with Gasteiger partial charge in [-0.15, -0.1) is 0 Å². The van der Waals surface area contributed by atoms with Gasteiger partial charge in [0.05, 0.1) is 11.6 Å². The van der Waals surface area contributed by atoms with Crippen LogP contribution in [0.1, 0.15) is 46.1 Å². The molecule has 0 aliphatic carbocycles. The van der Waals surface area contributed by atoms with Crippen molar-refractivity contribution in [2.24, 2.45) is 0 Å². The Morgan fingerprint density at radius 1 is 1.36 bits per heavy atom. The molecule has 0 radical (unpaired) electrons. The molecule has 154 valence electrons. The number of hydrogen-bond acceptors (Lipinski definition) is 6. The Morgan fingerprint density at radius 2 is 2.04 bits per heavy atom. The Balaban J connectivity index is 1.88. The van der Waals surface area contributed by atoms with Crippen LogP contribution in [0.15, 0.2) is 18.3 Å². The molecule has 0 bridgehead atoms. The van der Waals surface area contributed by atoms with Crippen molar-refractivity contribution < 1.29 is 19.1 Å². The fourth-order valence-electron chi connectivity index (χ4n) is 2.73. The van der Waals surface area contributed by atoms with E-state index in [0.29, 0.717) is 36.1 Å². The molecule has 0 unspecified atom stereocenters. The second-order valence-corrected chi connectivity index (χ2v) is 7.98. The first-order valence-corrected chi connectivity index (χ1v) is 9.80. The molecule has 7 nitrogen and oxygen atoms in total. The number of carbonyl (C=O) groups is 2. The average Bonchev–Trinajstić information content (AvgIpc) is 2.61. The first kappa shape index (κ1) is 22.0. The second-order valence-electron chi connectivity index (χ2n) is 7.57. The minimum atomic E-state index is -0.493. The summed E-state index contributed by atoms with van der Waals surface area (Å²) in [7, 11) is 0. The molecule has 0 spiro atoms. The Bertz CT molecular complexity index is 723. The van der Waals surface area contributed by atoms with E-state index in [9.17, 15) is 9.59 Å². The second kappa shape index (κ2) is 9.78. The third kappa shape index (κ3) is 7.03. The van der Waals surface area contributed by atoms with Crippen LogP contribution in [-0.2, 0) is 14.3 Å². The van der Waals surface area contributed by atoms with Gasteiger partial charge in [0.25, 0.3) is 0 Å². The summed E-state index contributed by atoms with van der Waals surface area (Å²) < 4.78 is 10.3. The van der Waals surface area contributed by atoms with Crippen LogP contribution in [-0.4, -0.2) is 53.3 Å². The Labute approximate surface area is 171 Å². The molecule has 1 aliphatic heterocycles. The predicted molar refractivity (Wildman–Crippen MR) is 109 cm³/mol. The molecule has 2 heterocycles. The van der Waals surface area contributed by atoms with Crippen molar-refractivity contribution in [3.8, 4) is 0 Å². The highest BCUT2D eigenvalue weighted by Gasteiger charge is 2.27. The Hall–Kier alpha value is -2.28. The molecule has 1 amide bonds. The minimum Gasteiger partial charge on any atom is -0.463 e. The molecule has 8 heteroatoms. The van der Waals surface area contributed by atoms with Crippen LogP contribution in [0.4, 0.5) is 10.6 Å². The summed E-state index contributed by atoms with van der Waals surface area (Å²) in [6.07, 6.45) is 5.87. The summed E-state index contributed by atoms with van der Waals surface area (Å²) in [5.74, 6) is 0.184. The number of carbonyl (C=O) groups excluding carboxylic acids is 2. The van der Waals surface area contributed by atoms with Gasteiger partial charge in [0.2, 0.25) is 0 Å². The van der Waals surface area contributed by atoms with Crippen molar-refractivity contribution in [3.63, 3.8) is 0 Å². The van der Waals surface area contributed by atoms with Crippen molar-refractivity contribution in [2.45, 2.75) is 52.2 Å². The van der Waals surface area contributed by atoms with Gasteiger partial charge < -0.3 is 19.7 Å². The maximum atomic E-state index is 12.1. The number of likely N-dealkylation sites (tertiary alicyclic amines) is 1. The fourth-order valence-corrected chi connectivity index (χ4v) is 2.96. The Morgan fingerprint density at radius 3 is 2.61 bits per heavy atom. The lowest BCUT2D eigenvalue weighted by Crippen LogP contribution is -2.44. The molecule has 0 atom stereocenters. The fraction of sp³-hybridized carbons (Fsp3) is 0.550. The van der Waals surface area contributed by atoms with Crippen molar-refractivity contribution >= 4 is 35.6 Å². The molecular weight excluding hydrogens is 382 g/mol. The van der Waals surface area contributed by atoms with Gasteiger partial charge in [0.1, 0.15) is 11.4 Å². The lowest BCUT2D eigenvalue weighted by molar-refractivity contribution is -0.137. The number of pyridine rings is 1. The monoisotopic (exact) mass is 409 g/mol. The highest BCUT2D eigenvalue weighted by molar-refractivity contribution is 6.33. The summed E-state index contributed by atoms with van der Waals surface area (Å²) in [5, 5.41) is 3.80. The van der Waals surface area contributed by atoms with Crippen LogP contribution in [0.2, 0.25) is 5.02 Å². The third-order valence-corrected chi connectivity index (χ3v) is 4.34. The van der Waals surface area contributed by atoms with Crippen LogP contribution in [0.3, 0.4) is 0 Å². The van der Waals surface area contributed by atoms with E-state index in [2.05, 4.69) is 10.3 Å². The molecule has 2 rings (SSSR count). The molecule has 1 fully saturated rings. The van der Waals surface area contributed by atoms with Crippen LogP contribution in [0.5, 0.6) is 0 Å². The van der Waals surface area contributed by atoms with Gasteiger partial charge in [-0.2, -0.15) is 0 Å². The molecule has 0 aromatic carbocycles. The number of halogens is 1. The topological polar surface area (TPSA) is 80.8 Å². The number of ether oxygens (including phenoxy) is 2. The minimum absolute atomic E-state index is 0.171. The smallest absolute Gasteiger partial charge is 0.410 e. The van der Waals surface area contributed by atoms with E-state index in [1.807, 2.05) is 20.8 Å². The number of rotatable bonds is 5. The summed E-state index contributed by atoms with van der Waals surface area (Å²) >= 11 is 6.32. The maximum absolute atomic E-state index is 12.1. The summed E-state index contributed by atoms with van der Waals surface area (Å²) in [4.78, 5) is 29.6. The van der Waals surface area contributed by atoms with Gasteiger partial charge >= 0.3 is 12.1 Å². The Kier molecular flexibility index (Phi) is 7.69. The van der Waals surface area contributed by atoms with E-state index in [4.69, 9.17) is 21.1 Å². The molecule has 28 heavy (non-hydrogen) atoms. The van der Waals surface area contributed by atoms with Crippen molar-refractivity contribution in [1.29, 1.82) is 0 Å². The van der Waals surface area contributed by atoms with Gasteiger partial charge in [0, 0.05) is 31.4 Å². The van der Waals surface area contributed by atoms with Gasteiger partial charge in [-0.25, -0.2) is 14.6 Å². The van der Waals surface area contributed by atoms with Crippen molar-refractivity contribution in [3.05, 3.63) is 28.9 Å². The number of esters is 1. The molecule has 1 aliphatic rings. The molecule has 0 saturated carbocycles. The number of piperidine rings is 1. The number of anilines is 1. The van der Waals surface area contributed by atoms with Crippen LogP contribution >= 0.6 is 11.6 Å². The van der Waals surface area contributed by atoms with Crippen molar-refractivity contribution in [2.75, 3.05) is 25.0 Å². The van der Waals surface area contributed by atoms with Crippen LogP contribution in [0.25, 0.3) is 6.08 Å². The molecule has 1 aromatic heterocycles. The SMILES string of the molecule is CCOC(=O)C=Cc1cnc(NC2CCN(C(=O)OC(C)(C)C)CC2)c(Cl)c1. The third-order valence-electron chi connectivity index (χ3n) is 4.05. The maximum Gasteiger partial charge on any atom is 0.410 e. The summed E-state index contributed by atoms with van der Waals surface area (Å²) in [5.41, 5.74) is 0.218. The molecule has 1 N–H and O–H groups in total. The number of amides is 1. The molecule has 1 aromatic rings. The lowest BCUT2D eigenvalue weighted by atomic mass is 10.1. The number of nitrogens with zero attached hydrogens (tertiary/aromatic N) is 2. The van der Waals surface area contributed by atoms with Gasteiger partial charge in [-0.3, -0.25) is 0 Å². The van der Waals surface area contributed by atoms with Gasteiger partial charge in [-0.1, -0.05) is 11.6 Å². The summed E-state index contributed by atoms with van der Waals surface area (Å²) in [6.45, 7) is 8.89. The van der Waals surface area contributed by atoms with Gasteiger partial charge in [0.15, 0.2) is 0 Å². The van der Waals surface area contributed by atoms with E-state index in [1.165, 1.54) is 6.08 Å². The zero-order chi connectivity index (χ0) is 20.7. The standard InChI is InChI=1S/C20H28ClN3O4/c1-5-27-17(25)7-6-14-12-16(21)18(22-13-14)23-15-8-10-24(11-9-15)19(26)28-20(2,3)4/h6-7,12-13,15H,5,8-11H2,1-4H3,(H,22,23). The summed E-state index contributed by atoms with van der Waals surface area (Å²) in [6, 6.07) is 1.91. The zero-order valence-corrected chi connectivity index (χ0v) is 17.6. The van der Waals surface area contributed by atoms with Crippen molar-refractivity contribution in [1.82, 2.24) is 9.88 Å². The molecular formula is C20H28ClN3O4. The van der Waals surface area contributed by atoms with Gasteiger partial charge in [-0.05, 0) is 58.2 Å². The van der Waals surface area contributed by atoms with E-state index in [0.717, 1.165) is 12.8 Å². The largest absolute Gasteiger partial charge is 0.463 e. The zero-order valence-electron chi connectivity index (χ0n) is 16.8. The lowest BCUT2D eigenvalue weighted by Gasteiger charge is -2.34. The average molecular weight is 410 g/mol. The van der Waals surface area contributed by atoms with E-state index in [-0.39, 0.29) is 12.1 Å². The highest BCUT2D eigenvalue weighted by Crippen LogP contribution is 2.24. The van der Waals surface area contributed by atoms with E-state index < -0.39 is 11.6 Å².